The van der Waals surface area contributed by atoms with E-state index in [4.69, 9.17) is 0 Å². The third kappa shape index (κ3) is 3.97. The summed E-state index contributed by atoms with van der Waals surface area (Å²) in [5, 5.41) is 14.1. The fourth-order valence-corrected chi connectivity index (χ4v) is 2.33. The minimum atomic E-state index is -0.267. The van der Waals surface area contributed by atoms with Gasteiger partial charge in [0.1, 0.15) is 12.7 Å². The monoisotopic (exact) mass is 325 g/mol. The number of amides is 2. The third-order valence-electron chi connectivity index (χ3n) is 3.40. The molecule has 24 heavy (non-hydrogen) atoms. The molecule has 8 heteroatoms. The van der Waals surface area contributed by atoms with Gasteiger partial charge in [-0.05, 0) is 38.1 Å². The van der Waals surface area contributed by atoms with E-state index in [-0.39, 0.29) is 12.1 Å². The van der Waals surface area contributed by atoms with Crippen LogP contribution in [-0.2, 0) is 6.54 Å². The number of urea groups is 1. The lowest BCUT2D eigenvalue weighted by atomic mass is 10.3. The molecule has 0 spiro atoms. The number of hydrogen-bond acceptors (Lipinski definition) is 4. The summed E-state index contributed by atoms with van der Waals surface area (Å²) in [5.74, 6) is 0. The summed E-state index contributed by atoms with van der Waals surface area (Å²) in [6.45, 7) is 4.40. The van der Waals surface area contributed by atoms with Gasteiger partial charge in [-0.25, -0.2) is 14.5 Å². The summed E-state index contributed by atoms with van der Waals surface area (Å²) in [5.41, 5.74) is 2.52. The second kappa shape index (κ2) is 6.95. The SMILES string of the molecule is Cc1ccn(-c2cccc(NC(=O)N[C@@H](C)Cn3cncn3)c2)n1. The zero-order valence-corrected chi connectivity index (χ0v) is 13.5. The van der Waals surface area contributed by atoms with E-state index >= 15 is 0 Å². The van der Waals surface area contributed by atoms with E-state index in [0.29, 0.717) is 12.2 Å². The molecule has 124 valence electrons. The predicted octanol–water partition coefficient (Wildman–Crippen LogP) is 1.98. The van der Waals surface area contributed by atoms with Crippen LogP contribution in [0.15, 0.2) is 49.2 Å². The van der Waals surface area contributed by atoms with E-state index in [1.807, 2.05) is 50.4 Å². The summed E-state index contributed by atoms with van der Waals surface area (Å²) in [6.07, 6.45) is 4.97. The molecule has 2 N–H and O–H groups in total. The molecule has 3 rings (SSSR count). The van der Waals surface area contributed by atoms with E-state index in [1.165, 1.54) is 6.33 Å². The molecule has 0 aliphatic rings. The van der Waals surface area contributed by atoms with Crippen molar-refractivity contribution in [3.8, 4) is 5.69 Å². The lowest BCUT2D eigenvalue weighted by Crippen LogP contribution is -2.38. The second-order valence-corrected chi connectivity index (χ2v) is 5.57. The number of aromatic nitrogens is 5. The molecule has 0 saturated carbocycles. The standard InChI is InChI=1S/C16H19N7O/c1-12-6-7-23(21-12)15-5-3-4-14(8-15)20-16(24)19-13(2)9-22-11-17-10-18-22/h3-8,10-11,13H,9H2,1-2H3,(H2,19,20,24)/t13-/m0/s1. The number of nitrogens with zero attached hydrogens (tertiary/aromatic N) is 5. The van der Waals surface area contributed by atoms with Gasteiger partial charge in [0.2, 0.25) is 0 Å². The van der Waals surface area contributed by atoms with Crippen LogP contribution in [0.4, 0.5) is 10.5 Å². The number of nitrogens with one attached hydrogen (secondary N) is 2. The first-order chi connectivity index (χ1) is 11.6. The highest BCUT2D eigenvalue weighted by molar-refractivity contribution is 5.89. The van der Waals surface area contributed by atoms with Crippen LogP contribution in [0, 0.1) is 6.92 Å². The van der Waals surface area contributed by atoms with Gasteiger partial charge in [0.25, 0.3) is 0 Å². The Balaban J connectivity index is 1.60. The molecule has 0 unspecified atom stereocenters. The van der Waals surface area contributed by atoms with Crippen LogP contribution < -0.4 is 10.6 Å². The average Bonchev–Trinajstić information content (AvgIpc) is 3.19. The highest BCUT2D eigenvalue weighted by atomic mass is 16.2. The molecule has 8 nitrogen and oxygen atoms in total. The van der Waals surface area contributed by atoms with E-state index in [0.717, 1.165) is 11.4 Å². The zero-order chi connectivity index (χ0) is 16.9. The molecule has 0 fully saturated rings. The molecule has 2 amide bonds. The Morgan fingerprint density at radius 2 is 2.21 bits per heavy atom. The Morgan fingerprint density at radius 1 is 1.33 bits per heavy atom. The number of hydrogen-bond donors (Lipinski definition) is 2. The summed E-state index contributed by atoms with van der Waals surface area (Å²) < 4.78 is 3.44. The maximum Gasteiger partial charge on any atom is 0.319 e. The van der Waals surface area contributed by atoms with E-state index in [9.17, 15) is 4.79 Å². The maximum absolute atomic E-state index is 12.1. The lowest BCUT2D eigenvalue weighted by Gasteiger charge is -2.14. The van der Waals surface area contributed by atoms with Gasteiger partial charge in [0.05, 0.1) is 17.9 Å². The molecule has 1 aromatic carbocycles. The zero-order valence-electron chi connectivity index (χ0n) is 13.5. The molecular weight excluding hydrogens is 306 g/mol. The van der Waals surface area contributed by atoms with Gasteiger partial charge in [-0.2, -0.15) is 10.2 Å². The van der Waals surface area contributed by atoms with Crippen molar-refractivity contribution in [2.24, 2.45) is 0 Å². The number of anilines is 1. The van der Waals surface area contributed by atoms with Crippen LogP contribution in [0.25, 0.3) is 5.69 Å². The summed E-state index contributed by atoms with van der Waals surface area (Å²) in [7, 11) is 0. The van der Waals surface area contributed by atoms with Crippen molar-refractivity contribution in [3.05, 3.63) is 54.9 Å². The highest BCUT2D eigenvalue weighted by Crippen LogP contribution is 2.14. The van der Waals surface area contributed by atoms with Crippen LogP contribution in [0.2, 0.25) is 0 Å². The maximum atomic E-state index is 12.1. The topological polar surface area (TPSA) is 89.7 Å². The Bertz CT molecular complexity index is 809. The Hall–Kier alpha value is -3.16. The molecule has 2 heterocycles. The highest BCUT2D eigenvalue weighted by Gasteiger charge is 2.09. The number of aryl methyl sites for hydroxylation is 1. The van der Waals surface area contributed by atoms with Gasteiger partial charge >= 0.3 is 6.03 Å². The summed E-state index contributed by atoms with van der Waals surface area (Å²) >= 11 is 0. The van der Waals surface area contributed by atoms with Crippen LogP contribution in [0.3, 0.4) is 0 Å². The number of benzene rings is 1. The Kier molecular flexibility index (Phi) is 4.55. The molecule has 0 bridgehead atoms. The van der Waals surface area contributed by atoms with Gasteiger partial charge in [-0.15, -0.1) is 0 Å². The van der Waals surface area contributed by atoms with Gasteiger partial charge in [-0.3, -0.25) is 4.68 Å². The van der Waals surface area contributed by atoms with Gasteiger partial charge in [0, 0.05) is 17.9 Å². The number of carbonyl (C=O) groups is 1. The third-order valence-corrected chi connectivity index (χ3v) is 3.40. The van der Waals surface area contributed by atoms with E-state index in [2.05, 4.69) is 25.8 Å². The average molecular weight is 325 g/mol. The largest absolute Gasteiger partial charge is 0.334 e. The van der Waals surface area contributed by atoms with Crippen LogP contribution in [0.1, 0.15) is 12.6 Å². The number of rotatable bonds is 5. The van der Waals surface area contributed by atoms with Crippen molar-refractivity contribution in [2.75, 3.05) is 5.32 Å². The molecule has 2 aromatic heterocycles. The van der Waals surface area contributed by atoms with Crippen LogP contribution in [0.5, 0.6) is 0 Å². The quantitative estimate of drug-likeness (QED) is 0.750. The summed E-state index contributed by atoms with van der Waals surface area (Å²) in [6, 6.07) is 9.10. The van der Waals surface area contributed by atoms with E-state index < -0.39 is 0 Å². The minimum Gasteiger partial charge on any atom is -0.334 e. The van der Waals surface area contributed by atoms with E-state index in [1.54, 1.807) is 15.7 Å². The first-order valence-electron chi connectivity index (χ1n) is 7.63. The van der Waals surface area contributed by atoms with Crippen molar-refractivity contribution in [3.63, 3.8) is 0 Å². The van der Waals surface area contributed by atoms with Crippen LogP contribution >= 0.6 is 0 Å². The van der Waals surface area contributed by atoms with Crippen LogP contribution in [-0.4, -0.2) is 36.6 Å². The van der Waals surface area contributed by atoms with Crippen molar-refractivity contribution >= 4 is 11.7 Å². The Morgan fingerprint density at radius 3 is 2.92 bits per heavy atom. The number of carbonyl (C=O) groups excluding carboxylic acids is 1. The van der Waals surface area contributed by atoms with Crippen molar-refractivity contribution in [2.45, 2.75) is 26.4 Å². The lowest BCUT2D eigenvalue weighted by molar-refractivity contribution is 0.247. The predicted molar refractivity (Wildman–Crippen MR) is 89.9 cm³/mol. The fraction of sp³-hybridized carbons (Fsp3) is 0.250. The first kappa shape index (κ1) is 15.7. The minimum absolute atomic E-state index is 0.0800. The normalized spacial score (nSPS) is 11.9. The second-order valence-electron chi connectivity index (χ2n) is 5.57. The van der Waals surface area contributed by atoms with Crippen molar-refractivity contribution in [1.29, 1.82) is 0 Å². The first-order valence-corrected chi connectivity index (χ1v) is 7.63. The molecule has 0 aliphatic carbocycles. The summed E-state index contributed by atoms with van der Waals surface area (Å²) in [4.78, 5) is 16.0. The molecule has 0 radical (unpaired) electrons. The van der Waals surface area contributed by atoms with Crippen molar-refractivity contribution in [1.82, 2.24) is 29.9 Å². The smallest absolute Gasteiger partial charge is 0.319 e. The van der Waals surface area contributed by atoms with Gasteiger partial charge < -0.3 is 10.6 Å². The Labute approximate surface area is 139 Å². The molecule has 0 saturated heterocycles. The van der Waals surface area contributed by atoms with Gasteiger partial charge in [-0.1, -0.05) is 6.07 Å². The fourth-order valence-electron chi connectivity index (χ4n) is 2.33. The molecule has 0 aliphatic heterocycles. The molecule has 1 atom stereocenters. The van der Waals surface area contributed by atoms with Crippen molar-refractivity contribution < 1.29 is 4.79 Å². The van der Waals surface area contributed by atoms with Gasteiger partial charge in [0.15, 0.2) is 0 Å². The molecule has 3 aromatic rings. The molecular formula is C16H19N7O.